The average Bonchev–Trinajstić information content (AvgIpc) is 2.09. The number of hydrogen-bond acceptors (Lipinski definition) is 0. The number of unbranched alkanes of at least 4 members (excludes halogenated alkanes) is 1. The van der Waals surface area contributed by atoms with Gasteiger partial charge in [0.25, 0.3) is 0 Å². The zero-order valence-electron chi connectivity index (χ0n) is 7.55. The van der Waals surface area contributed by atoms with Crippen LogP contribution in [0.1, 0.15) is 24.0 Å². The predicted octanol–water partition coefficient (Wildman–Crippen LogP) is 2.75. The van der Waals surface area contributed by atoms with Crippen LogP contribution in [0, 0.1) is 6.92 Å². The van der Waals surface area contributed by atoms with Crippen molar-refractivity contribution in [3.63, 3.8) is 0 Å². The Kier molecular flexibility index (Phi) is 3.81. The maximum atomic E-state index is 10.2. The summed E-state index contributed by atoms with van der Waals surface area (Å²) < 4.78 is 0. The van der Waals surface area contributed by atoms with Gasteiger partial charge in [-0.2, -0.15) is 0 Å². The molecule has 0 atom stereocenters. The first-order chi connectivity index (χ1) is 5.83. The summed E-state index contributed by atoms with van der Waals surface area (Å²) in [7, 11) is 0. The van der Waals surface area contributed by atoms with Crippen LogP contribution in [0.2, 0.25) is 0 Å². The average molecular weight is 163 g/mol. The molecule has 1 heteroatoms. The van der Waals surface area contributed by atoms with Gasteiger partial charge in [-0.15, -0.1) is 0 Å². The maximum absolute atomic E-state index is 10.2. The number of hydrogen-bond donors (Lipinski definition) is 0. The van der Waals surface area contributed by atoms with Crippen LogP contribution < -0.4 is 0 Å². The van der Waals surface area contributed by atoms with E-state index < -0.39 is 0 Å². The molecule has 1 aromatic carbocycles. The van der Waals surface area contributed by atoms with Crippen LogP contribution in [0.5, 0.6) is 0 Å². The maximum Gasteiger partial charge on any atom is 0.0822 e. The summed E-state index contributed by atoms with van der Waals surface area (Å²) in [6.07, 6.45) is 2.86. The van der Waals surface area contributed by atoms with E-state index >= 15 is 0 Å². The molecule has 1 nitrogen and oxygen atoms in total. The minimum absolute atomic E-state index is 0.0614. The van der Waals surface area contributed by atoms with Crippen LogP contribution in [-0.4, -0.2) is 6.61 Å². The summed E-state index contributed by atoms with van der Waals surface area (Å²) in [5.74, 6) is 0. The fourth-order valence-electron chi connectivity index (χ4n) is 1.19. The lowest BCUT2D eigenvalue weighted by atomic mass is 10.1. The molecule has 0 saturated carbocycles. The second kappa shape index (κ2) is 4.94. The molecular formula is C11H15O. The topological polar surface area (TPSA) is 19.9 Å². The molecule has 65 valence electrons. The lowest BCUT2D eigenvalue weighted by molar-refractivity contribution is 0.187. The zero-order valence-corrected chi connectivity index (χ0v) is 7.55. The van der Waals surface area contributed by atoms with E-state index in [2.05, 4.69) is 31.2 Å². The molecule has 0 aromatic heterocycles. The van der Waals surface area contributed by atoms with Gasteiger partial charge in [-0.05, 0) is 31.7 Å². The fraction of sp³-hybridized carbons (Fsp3) is 0.455. The van der Waals surface area contributed by atoms with Gasteiger partial charge in [-0.1, -0.05) is 29.8 Å². The SMILES string of the molecule is Cc1ccc(CCCC[O])cc1. The third-order valence-electron chi connectivity index (χ3n) is 1.98. The smallest absolute Gasteiger partial charge is 0.0822 e. The molecule has 1 radical (unpaired) electrons. The Bertz CT molecular complexity index is 213. The Hall–Kier alpha value is -0.820. The second-order valence-corrected chi connectivity index (χ2v) is 3.15. The Balaban J connectivity index is 2.37. The van der Waals surface area contributed by atoms with Crippen molar-refractivity contribution in [2.45, 2.75) is 26.2 Å². The molecule has 0 amide bonds. The van der Waals surface area contributed by atoms with Crippen LogP contribution in [0.25, 0.3) is 0 Å². The van der Waals surface area contributed by atoms with Crippen LogP contribution in [0.15, 0.2) is 24.3 Å². The summed E-state index contributed by atoms with van der Waals surface area (Å²) >= 11 is 0. The molecule has 12 heavy (non-hydrogen) atoms. The summed E-state index contributed by atoms with van der Waals surface area (Å²) in [6, 6.07) is 8.51. The predicted molar refractivity (Wildman–Crippen MR) is 49.7 cm³/mol. The Labute approximate surface area is 74.1 Å². The van der Waals surface area contributed by atoms with Gasteiger partial charge in [0, 0.05) is 0 Å². The van der Waals surface area contributed by atoms with Crippen molar-refractivity contribution in [3.05, 3.63) is 35.4 Å². The Morgan fingerprint density at radius 2 is 1.75 bits per heavy atom. The van der Waals surface area contributed by atoms with E-state index in [0.29, 0.717) is 0 Å². The van der Waals surface area contributed by atoms with Crippen molar-refractivity contribution in [2.75, 3.05) is 6.61 Å². The van der Waals surface area contributed by atoms with E-state index in [-0.39, 0.29) is 6.61 Å². The first-order valence-electron chi connectivity index (χ1n) is 4.46. The highest BCUT2D eigenvalue weighted by atomic mass is 16.2. The van der Waals surface area contributed by atoms with Crippen molar-refractivity contribution < 1.29 is 5.11 Å². The monoisotopic (exact) mass is 163 g/mol. The number of benzene rings is 1. The largest absolute Gasteiger partial charge is 0.237 e. The van der Waals surface area contributed by atoms with Gasteiger partial charge in [-0.3, -0.25) is 0 Å². The molecule has 0 aliphatic heterocycles. The minimum atomic E-state index is 0.0614. The molecule has 1 aromatic rings. The highest BCUT2D eigenvalue weighted by molar-refractivity contribution is 5.21. The summed E-state index contributed by atoms with van der Waals surface area (Å²) in [4.78, 5) is 0. The molecule has 1 rings (SSSR count). The molecule has 0 N–H and O–H groups in total. The third kappa shape index (κ3) is 3.05. The first kappa shape index (κ1) is 9.27. The first-order valence-corrected chi connectivity index (χ1v) is 4.46. The lowest BCUT2D eigenvalue weighted by Gasteiger charge is -1.99. The lowest BCUT2D eigenvalue weighted by Crippen LogP contribution is -1.87. The normalized spacial score (nSPS) is 10.2. The van der Waals surface area contributed by atoms with Gasteiger partial charge in [0.1, 0.15) is 0 Å². The zero-order chi connectivity index (χ0) is 8.81. The summed E-state index contributed by atoms with van der Waals surface area (Å²) in [5, 5.41) is 10.2. The summed E-state index contributed by atoms with van der Waals surface area (Å²) in [5.41, 5.74) is 2.64. The van der Waals surface area contributed by atoms with Crippen LogP contribution in [0.3, 0.4) is 0 Å². The van der Waals surface area contributed by atoms with Crippen molar-refractivity contribution in [3.8, 4) is 0 Å². The third-order valence-corrected chi connectivity index (χ3v) is 1.98. The van der Waals surface area contributed by atoms with Crippen molar-refractivity contribution in [1.29, 1.82) is 0 Å². The van der Waals surface area contributed by atoms with Gasteiger partial charge >= 0.3 is 0 Å². The molecule has 0 fully saturated rings. The molecule has 0 aliphatic rings. The van der Waals surface area contributed by atoms with Crippen LogP contribution in [-0.2, 0) is 11.5 Å². The number of aryl methyl sites for hydroxylation is 2. The molecule has 0 heterocycles. The van der Waals surface area contributed by atoms with Gasteiger partial charge in [0.05, 0.1) is 6.61 Å². The van der Waals surface area contributed by atoms with Gasteiger partial charge in [0.2, 0.25) is 0 Å². The highest BCUT2D eigenvalue weighted by Gasteiger charge is 1.92. The van der Waals surface area contributed by atoms with E-state index in [1.807, 2.05) is 0 Å². The molecule has 0 aliphatic carbocycles. The van der Waals surface area contributed by atoms with Crippen molar-refractivity contribution >= 4 is 0 Å². The van der Waals surface area contributed by atoms with Crippen molar-refractivity contribution in [1.82, 2.24) is 0 Å². The Morgan fingerprint density at radius 1 is 1.08 bits per heavy atom. The summed E-state index contributed by atoms with van der Waals surface area (Å²) in [6.45, 7) is 2.15. The molecular weight excluding hydrogens is 148 g/mol. The quantitative estimate of drug-likeness (QED) is 0.608. The molecule has 0 saturated heterocycles. The molecule has 0 spiro atoms. The van der Waals surface area contributed by atoms with E-state index in [1.165, 1.54) is 11.1 Å². The highest BCUT2D eigenvalue weighted by Crippen LogP contribution is 2.06. The van der Waals surface area contributed by atoms with Crippen LogP contribution >= 0.6 is 0 Å². The number of rotatable bonds is 4. The fourth-order valence-corrected chi connectivity index (χ4v) is 1.19. The van der Waals surface area contributed by atoms with E-state index in [4.69, 9.17) is 0 Å². The van der Waals surface area contributed by atoms with Gasteiger partial charge in [-0.25, -0.2) is 5.11 Å². The van der Waals surface area contributed by atoms with E-state index in [0.717, 1.165) is 19.3 Å². The molecule has 0 bridgehead atoms. The Morgan fingerprint density at radius 3 is 2.33 bits per heavy atom. The molecule has 0 unspecified atom stereocenters. The van der Waals surface area contributed by atoms with Gasteiger partial charge in [0.15, 0.2) is 0 Å². The second-order valence-electron chi connectivity index (χ2n) is 3.15. The van der Waals surface area contributed by atoms with Gasteiger partial charge < -0.3 is 0 Å². The standard InChI is InChI=1S/C11H15O/c1-10-5-7-11(8-6-10)4-2-3-9-12/h5-8H,2-4,9H2,1H3. The van der Waals surface area contributed by atoms with E-state index in [1.54, 1.807) is 0 Å². The van der Waals surface area contributed by atoms with Crippen LogP contribution in [0.4, 0.5) is 0 Å². The van der Waals surface area contributed by atoms with E-state index in [9.17, 15) is 5.11 Å². The van der Waals surface area contributed by atoms with Crippen molar-refractivity contribution in [2.24, 2.45) is 0 Å². The minimum Gasteiger partial charge on any atom is -0.237 e.